The van der Waals surface area contributed by atoms with Crippen LogP contribution in [-0.4, -0.2) is 29.1 Å². The van der Waals surface area contributed by atoms with Crippen molar-refractivity contribution in [2.45, 2.75) is 59.6 Å². The first-order valence-electron chi connectivity index (χ1n) is 9.45. The summed E-state index contributed by atoms with van der Waals surface area (Å²) in [6.45, 7) is 8.89. The molecule has 3 atom stereocenters. The van der Waals surface area contributed by atoms with E-state index in [0.717, 1.165) is 10.9 Å². The summed E-state index contributed by atoms with van der Waals surface area (Å²) in [5.74, 6) is -1.40. The lowest BCUT2D eigenvalue weighted by Crippen LogP contribution is -2.49. The molecule has 0 saturated carbocycles. The molecular weight excluding hydrogens is 362 g/mol. The van der Waals surface area contributed by atoms with Crippen LogP contribution < -0.4 is 15.7 Å². The molecule has 1 amide bonds. The predicted molar refractivity (Wildman–Crippen MR) is 106 cm³/mol. The molecule has 0 aliphatic heterocycles. The van der Waals surface area contributed by atoms with Crippen LogP contribution in [0.15, 0.2) is 27.4 Å². The molecule has 28 heavy (non-hydrogen) atoms. The summed E-state index contributed by atoms with van der Waals surface area (Å²) in [4.78, 5) is 35.7. The lowest BCUT2D eigenvalue weighted by Gasteiger charge is -2.23. The van der Waals surface area contributed by atoms with Gasteiger partial charge in [0.15, 0.2) is 6.10 Å². The summed E-state index contributed by atoms with van der Waals surface area (Å²) >= 11 is 0. The van der Waals surface area contributed by atoms with E-state index in [1.54, 1.807) is 32.9 Å². The minimum atomic E-state index is -1.08. The molecule has 0 bridgehead atoms. The quantitative estimate of drug-likeness (QED) is 0.672. The summed E-state index contributed by atoms with van der Waals surface area (Å²) in [5, 5.41) is 12.7. The lowest BCUT2D eigenvalue weighted by atomic mass is 9.99. The number of carboxylic acid groups (broad SMARTS) is 1. The Balaban J connectivity index is 2.26. The van der Waals surface area contributed by atoms with Gasteiger partial charge >= 0.3 is 11.6 Å². The highest BCUT2D eigenvalue weighted by molar-refractivity contribution is 5.87. The maximum atomic E-state index is 12.4. The lowest BCUT2D eigenvalue weighted by molar-refractivity contribution is -0.144. The van der Waals surface area contributed by atoms with Gasteiger partial charge in [0.25, 0.3) is 5.91 Å². The maximum Gasteiger partial charge on any atom is 0.336 e. The van der Waals surface area contributed by atoms with Crippen LogP contribution in [-0.2, 0) is 16.0 Å². The van der Waals surface area contributed by atoms with Crippen molar-refractivity contribution < 1.29 is 23.8 Å². The van der Waals surface area contributed by atoms with Crippen molar-refractivity contribution >= 4 is 22.8 Å². The van der Waals surface area contributed by atoms with E-state index in [1.165, 1.54) is 6.07 Å². The van der Waals surface area contributed by atoms with Gasteiger partial charge in [-0.3, -0.25) is 4.79 Å². The van der Waals surface area contributed by atoms with Crippen molar-refractivity contribution in [2.24, 2.45) is 5.92 Å². The highest BCUT2D eigenvalue weighted by Crippen LogP contribution is 2.29. The molecule has 0 saturated heterocycles. The fraction of sp³-hybridized carbons (Fsp3) is 0.476. The molecule has 0 fully saturated rings. The molecule has 1 aromatic carbocycles. The van der Waals surface area contributed by atoms with Gasteiger partial charge in [-0.1, -0.05) is 27.2 Å². The number of ether oxygens (including phenoxy) is 1. The first-order chi connectivity index (χ1) is 13.2. The van der Waals surface area contributed by atoms with E-state index in [4.69, 9.17) is 9.15 Å². The largest absolute Gasteiger partial charge is 0.480 e. The maximum absolute atomic E-state index is 12.4. The molecule has 2 N–H and O–H groups in total. The normalized spacial score (nSPS) is 14.3. The highest BCUT2D eigenvalue weighted by Gasteiger charge is 2.28. The minimum absolute atomic E-state index is 0.210. The minimum Gasteiger partial charge on any atom is -0.480 e. The monoisotopic (exact) mass is 389 g/mol. The molecule has 0 aliphatic rings. The zero-order chi connectivity index (χ0) is 21.0. The Morgan fingerprint density at radius 1 is 1.25 bits per heavy atom. The third-order valence-corrected chi connectivity index (χ3v) is 5.03. The Bertz CT molecular complexity index is 932. The van der Waals surface area contributed by atoms with E-state index in [-0.39, 0.29) is 5.92 Å². The molecule has 1 aromatic heterocycles. The standard InChI is InChI=1S/C21H27NO6/c1-6-11(3)18(21(25)26)22-20(24)13(5)27-16-9-8-15-14(7-2)10-17(23)28-19(15)12(16)4/h8-11,13,18H,6-7H2,1-5H3,(H,22,24)(H,25,26)/t11-,13?,18-/m0/s1. The van der Waals surface area contributed by atoms with Gasteiger partial charge in [0.2, 0.25) is 0 Å². The number of rotatable bonds is 8. The molecule has 0 spiro atoms. The van der Waals surface area contributed by atoms with Crippen molar-refractivity contribution in [1.82, 2.24) is 5.32 Å². The van der Waals surface area contributed by atoms with Crippen LogP contribution in [0.4, 0.5) is 0 Å². The van der Waals surface area contributed by atoms with Crippen LogP contribution in [0, 0.1) is 12.8 Å². The van der Waals surface area contributed by atoms with E-state index in [2.05, 4.69) is 5.32 Å². The van der Waals surface area contributed by atoms with E-state index in [9.17, 15) is 19.5 Å². The van der Waals surface area contributed by atoms with Gasteiger partial charge in [-0.15, -0.1) is 0 Å². The molecular formula is C21H27NO6. The number of carboxylic acids is 1. The Labute approximate surface area is 163 Å². The third kappa shape index (κ3) is 4.52. The number of fused-ring (bicyclic) bond motifs is 1. The van der Waals surface area contributed by atoms with Crippen LogP contribution in [0.2, 0.25) is 0 Å². The summed E-state index contributed by atoms with van der Waals surface area (Å²) in [5.41, 5.74) is 1.48. The van der Waals surface area contributed by atoms with E-state index in [0.29, 0.717) is 29.7 Å². The molecule has 7 nitrogen and oxygen atoms in total. The van der Waals surface area contributed by atoms with Gasteiger partial charge in [-0.25, -0.2) is 9.59 Å². The summed E-state index contributed by atoms with van der Waals surface area (Å²) < 4.78 is 11.1. The number of hydrogen-bond acceptors (Lipinski definition) is 5. The summed E-state index contributed by atoms with van der Waals surface area (Å²) in [6, 6.07) is 4.01. The Kier molecular flexibility index (Phi) is 6.83. The molecule has 2 rings (SSSR count). The molecule has 152 valence electrons. The number of amides is 1. The van der Waals surface area contributed by atoms with Crippen molar-refractivity contribution in [3.8, 4) is 5.75 Å². The number of hydrogen-bond donors (Lipinski definition) is 2. The zero-order valence-electron chi connectivity index (χ0n) is 16.9. The number of aliphatic carboxylic acids is 1. The summed E-state index contributed by atoms with van der Waals surface area (Å²) in [6.07, 6.45) is 0.394. The van der Waals surface area contributed by atoms with Crippen molar-refractivity contribution in [2.75, 3.05) is 0 Å². The molecule has 7 heteroatoms. The second kappa shape index (κ2) is 8.91. The number of aryl methyl sites for hydroxylation is 2. The molecule has 1 heterocycles. The van der Waals surface area contributed by atoms with E-state index < -0.39 is 29.6 Å². The average molecular weight is 389 g/mol. The number of benzene rings is 1. The van der Waals surface area contributed by atoms with Crippen molar-refractivity contribution in [3.05, 3.63) is 39.7 Å². The van der Waals surface area contributed by atoms with Crippen LogP contribution in [0.5, 0.6) is 5.75 Å². The molecule has 1 unspecified atom stereocenters. The third-order valence-electron chi connectivity index (χ3n) is 5.03. The van der Waals surface area contributed by atoms with E-state index >= 15 is 0 Å². The SMILES string of the molecule is CCc1cc(=O)oc2c(C)c(OC(C)C(=O)N[C@H](C(=O)O)[C@@H](C)CC)ccc12. The van der Waals surface area contributed by atoms with Crippen molar-refractivity contribution in [1.29, 1.82) is 0 Å². The first kappa shape index (κ1) is 21.5. The second-order valence-corrected chi connectivity index (χ2v) is 6.98. The van der Waals surface area contributed by atoms with Crippen LogP contribution in [0.1, 0.15) is 45.2 Å². The molecule has 0 radical (unpaired) electrons. The number of carbonyl (C=O) groups excluding carboxylic acids is 1. The van der Waals surface area contributed by atoms with Gasteiger partial charge in [0.1, 0.15) is 17.4 Å². The Morgan fingerprint density at radius 2 is 1.93 bits per heavy atom. The highest BCUT2D eigenvalue weighted by atomic mass is 16.5. The Morgan fingerprint density at radius 3 is 2.50 bits per heavy atom. The van der Waals surface area contributed by atoms with Crippen molar-refractivity contribution in [3.63, 3.8) is 0 Å². The van der Waals surface area contributed by atoms with Gasteiger partial charge < -0.3 is 19.6 Å². The van der Waals surface area contributed by atoms with Crippen LogP contribution in [0.25, 0.3) is 11.0 Å². The summed E-state index contributed by atoms with van der Waals surface area (Å²) in [7, 11) is 0. The first-order valence-corrected chi connectivity index (χ1v) is 9.45. The molecule has 0 aliphatic carbocycles. The molecule has 2 aromatic rings. The second-order valence-electron chi connectivity index (χ2n) is 6.98. The van der Waals surface area contributed by atoms with Gasteiger partial charge in [0.05, 0.1) is 0 Å². The number of carbonyl (C=O) groups is 2. The van der Waals surface area contributed by atoms with Gasteiger partial charge in [0, 0.05) is 17.0 Å². The fourth-order valence-electron chi connectivity index (χ4n) is 3.03. The predicted octanol–water partition coefficient (Wildman–Crippen LogP) is 3.05. The average Bonchev–Trinajstić information content (AvgIpc) is 2.66. The smallest absolute Gasteiger partial charge is 0.336 e. The van der Waals surface area contributed by atoms with Gasteiger partial charge in [-0.2, -0.15) is 0 Å². The number of nitrogens with one attached hydrogen (secondary N) is 1. The van der Waals surface area contributed by atoms with Gasteiger partial charge in [-0.05, 0) is 43.9 Å². The van der Waals surface area contributed by atoms with Crippen LogP contribution in [0.3, 0.4) is 0 Å². The topological polar surface area (TPSA) is 106 Å². The fourth-order valence-corrected chi connectivity index (χ4v) is 3.03. The zero-order valence-corrected chi connectivity index (χ0v) is 16.9. The Hall–Kier alpha value is -2.83. The van der Waals surface area contributed by atoms with E-state index in [1.807, 2.05) is 13.8 Å². The van der Waals surface area contributed by atoms with Crippen LogP contribution >= 0.6 is 0 Å².